The van der Waals surface area contributed by atoms with Crippen LogP contribution in [0.5, 0.6) is 0 Å². The average Bonchev–Trinajstić information content (AvgIpc) is 2.86. The molecule has 0 radical (unpaired) electrons. The monoisotopic (exact) mass is 239 g/mol. The smallest absolute Gasteiger partial charge is 0.0724 e. The van der Waals surface area contributed by atoms with E-state index in [-0.39, 0.29) is 0 Å². The molecule has 1 aromatic carbocycles. The van der Waals surface area contributed by atoms with Crippen LogP contribution in [0.2, 0.25) is 0 Å². The number of nitrogens with two attached hydrogens (primary N) is 1. The van der Waals surface area contributed by atoms with Crippen molar-refractivity contribution in [3.05, 3.63) is 54.1 Å². The maximum atomic E-state index is 12.4. The first-order valence-electron chi connectivity index (χ1n) is 5.50. The Hall–Kier alpha value is -2.53. The average molecular weight is 239 g/mol. The van der Waals surface area contributed by atoms with Gasteiger partial charge >= 0.3 is 0 Å². The third kappa shape index (κ3) is 1.57. The van der Waals surface area contributed by atoms with Crippen LogP contribution >= 0.6 is 0 Å². The van der Waals surface area contributed by atoms with Gasteiger partial charge in [-0.1, -0.05) is 12.1 Å². The van der Waals surface area contributed by atoms with E-state index in [0.717, 1.165) is 16.0 Å². The van der Waals surface area contributed by atoms with E-state index in [9.17, 15) is 5.21 Å². The van der Waals surface area contributed by atoms with Gasteiger partial charge in [-0.3, -0.25) is 4.98 Å². The molecule has 0 aliphatic rings. The van der Waals surface area contributed by atoms with Gasteiger partial charge in [-0.15, -0.1) is 0 Å². The van der Waals surface area contributed by atoms with E-state index in [4.69, 9.17) is 5.73 Å². The standard InChI is InChI=1S/C13H11N4O/c14-10-5-6-15-8-12(10)17(18)11-3-1-2-9-4-7-16-13(9)11/h1-8,16H,(H2,14,15)/q-1. The van der Waals surface area contributed by atoms with Crippen molar-refractivity contribution in [2.24, 2.45) is 0 Å². The second kappa shape index (κ2) is 4.05. The second-order valence-electron chi connectivity index (χ2n) is 3.95. The number of rotatable bonds is 2. The zero-order chi connectivity index (χ0) is 12.5. The number of aromatic amines is 1. The van der Waals surface area contributed by atoms with Crippen molar-refractivity contribution in [2.75, 3.05) is 10.8 Å². The normalized spacial score (nSPS) is 10.7. The van der Waals surface area contributed by atoms with Gasteiger partial charge in [-0.25, -0.2) is 0 Å². The first-order valence-corrected chi connectivity index (χ1v) is 5.50. The molecule has 0 saturated heterocycles. The van der Waals surface area contributed by atoms with Crippen LogP contribution in [0.4, 0.5) is 17.1 Å². The van der Waals surface area contributed by atoms with E-state index in [1.807, 2.05) is 18.2 Å². The number of para-hydroxylation sites is 1. The van der Waals surface area contributed by atoms with Crippen molar-refractivity contribution >= 4 is 28.0 Å². The molecule has 90 valence electrons. The summed E-state index contributed by atoms with van der Waals surface area (Å²) in [6, 6.07) is 9.05. The number of aromatic nitrogens is 2. The Morgan fingerprint density at radius 2 is 2.06 bits per heavy atom. The Bertz CT molecular complexity index is 692. The summed E-state index contributed by atoms with van der Waals surface area (Å²) in [6.45, 7) is 0. The van der Waals surface area contributed by atoms with Crippen molar-refractivity contribution in [1.29, 1.82) is 0 Å². The number of H-pyrrole nitrogens is 1. The fourth-order valence-electron chi connectivity index (χ4n) is 1.93. The lowest BCUT2D eigenvalue weighted by Gasteiger charge is -2.31. The molecule has 0 bridgehead atoms. The van der Waals surface area contributed by atoms with E-state index in [2.05, 4.69) is 9.97 Å². The highest BCUT2D eigenvalue weighted by molar-refractivity contribution is 5.94. The topological polar surface area (TPSA) is 81.0 Å². The molecule has 0 atom stereocenters. The minimum atomic E-state index is 0.347. The van der Waals surface area contributed by atoms with Gasteiger partial charge in [0.15, 0.2) is 0 Å². The van der Waals surface area contributed by atoms with Gasteiger partial charge in [0.1, 0.15) is 0 Å². The molecule has 18 heavy (non-hydrogen) atoms. The summed E-state index contributed by atoms with van der Waals surface area (Å²) in [4.78, 5) is 6.98. The Balaban J connectivity index is 2.15. The predicted octanol–water partition coefficient (Wildman–Crippen LogP) is 2.78. The zero-order valence-corrected chi connectivity index (χ0v) is 9.50. The Morgan fingerprint density at radius 1 is 1.17 bits per heavy atom. The van der Waals surface area contributed by atoms with Crippen molar-refractivity contribution < 1.29 is 0 Å². The third-order valence-corrected chi connectivity index (χ3v) is 2.84. The first kappa shape index (κ1) is 10.6. The number of pyridine rings is 1. The molecule has 0 aliphatic carbocycles. The Morgan fingerprint density at radius 3 is 2.89 bits per heavy atom. The molecule has 5 nitrogen and oxygen atoms in total. The van der Waals surface area contributed by atoms with Crippen LogP contribution in [-0.2, 0) is 0 Å². The minimum absolute atomic E-state index is 0.347. The predicted molar refractivity (Wildman–Crippen MR) is 72.5 cm³/mol. The summed E-state index contributed by atoms with van der Waals surface area (Å²) < 4.78 is 0. The zero-order valence-electron chi connectivity index (χ0n) is 9.50. The number of nitrogen functional groups attached to an aromatic ring is 1. The second-order valence-corrected chi connectivity index (χ2v) is 3.95. The number of nitrogens with zero attached hydrogens (tertiary/aromatic N) is 2. The molecular formula is C13H11N4O-. The summed E-state index contributed by atoms with van der Waals surface area (Å²) in [6.07, 6.45) is 4.82. The number of benzene rings is 1. The van der Waals surface area contributed by atoms with Crippen molar-refractivity contribution in [3.8, 4) is 0 Å². The van der Waals surface area contributed by atoms with Crippen LogP contribution in [0.15, 0.2) is 48.9 Å². The van der Waals surface area contributed by atoms with Gasteiger partial charge < -0.3 is 21.0 Å². The molecule has 3 rings (SSSR count). The van der Waals surface area contributed by atoms with Crippen LogP contribution in [0.1, 0.15) is 0 Å². The molecule has 2 heterocycles. The van der Waals surface area contributed by atoms with Crippen molar-refractivity contribution in [1.82, 2.24) is 9.97 Å². The quantitative estimate of drug-likeness (QED) is 0.674. The molecule has 5 heteroatoms. The van der Waals surface area contributed by atoms with E-state index >= 15 is 0 Å². The van der Waals surface area contributed by atoms with Crippen LogP contribution in [-0.4, -0.2) is 9.97 Å². The molecule has 0 amide bonds. The van der Waals surface area contributed by atoms with Gasteiger partial charge in [0.25, 0.3) is 0 Å². The maximum absolute atomic E-state index is 12.4. The fourth-order valence-corrected chi connectivity index (χ4v) is 1.93. The van der Waals surface area contributed by atoms with Gasteiger partial charge in [0, 0.05) is 17.8 Å². The molecule has 0 fully saturated rings. The van der Waals surface area contributed by atoms with Gasteiger partial charge in [-0.05, 0) is 18.2 Å². The SMILES string of the molecule is Nc1ccncc1N([O-])c1cccc2cc[nH]c12. The lowest BCUT2D eigenvalue weighted by atomic mass is 10.2. The summed E-state index contributed by atoms with van der Waals surface area (Å²) in [5, 5.41) is 14.1. The van der Waals surface area contributed by atoms with E-state index in [1.165, 1.54) is 6.20 Å². The maximum Gasteiger partial charge on any atom is 0.0724 e. The number of hydrogen-bond donors (Lipinski definition) is 2. The van der Waals surface area contributed by atoms with E-state index in [0.29, 0.717) is 17.1 Å². The molecule has 0 spiro atoms. The largest absolute Gasteiger partial charge is 0.754 e. The van der Waals surface area contributed by atoms with Crippen LogP contribution in [0.3, 0.4) is 0 Å². The summed E-state index contributed by atoms with van der Waals surface area (Å²) in [7, 11) is 0. The highest BCUT2D eigenvalue weighted by Crippen LogP contribution is 2.32. The first-order chi connectivity index (χ1) is 8.77. The van der Waals surface area contributed by atoms with Crippen LogP contribution < -0.4 is 10.8 Å². The molecule has 3 aromatic rings. The summed E-state index contributed by atoms with van der Waals surface area (Å²) >= 11 is 0. The number of anilines is 3. The molecule has 0 aliphatic heterocycles. The summed E-state index contributed by atoms with van der Waals surface area (Å²) in [5.41, 5.74) is 7.85. The lowest BCUT2D eigenvalue weighted by Crippen LogP contribution is -2.10. The number of fused-ring (bicyclic) bond motifs is 1. The Kier molecular flexibility index (Phi) is 2.39. The minimum Gasteiger partial charge on any atom is -0.754 e. The molecule has 0 unspecified atom stereocenters. The molecular weight excluding hydrogens is 228 g/mol. The highest BCUT2D eigenvalue weighted by Gasteiger charge is 2.07. The molecule has 3 N–H and O–H groups in total. The van der Waals surface area contributed by atoms with Gasteiger partial charge in [0.2, 0.25) is 0 Å². The van der Waals surface area contributed by atoms with E-state index < -0.39 is 0 Å². The lowest BCUT2D eigenvalue weighted by molar-refractivity contribution is 1.24. The molecule has 0 saturated carbocycles. The third-order valence-electron chi connectivity index (χ3n) is 2.84. The number of hydrogen-bond acceptors (Lipinski definition) is 4. The number of nitrogens with one attached hydrogen (secondary N) is 1. The van der Waals surface area contributed by atoms with Crippen LogP contribution in [0, 0.1) is 5.21 Å². The van der Waals surface area contributed by atoms with Crippen molar-refractivity contribution in [3.63, 3.8) is 0 Å². The van der Waals surface area contributed by atoms with Crippen LogP contribution in [0.25, 0.3) is 10.9 Å². The van der Waals surface area contributed by atoms with Gasteiger partial charge in [-0.2, -0.15) is 0 Å². The van der Waals surface area contributed by atoms with E-state index in [1.54, 1.807) is 24.5 Å². The Labute approximate surface area is 103 Å². The highest BCUT2D eigenvalue weighted by atomic mass is 16.5. The molecule has 2 aromatic heterocycles. The van der Waals surface area contributed by atoms with Gasteiger partial charge in [0.05, 0.1) is 28.8 Å². The fraction of sp³-hybridized carbons (Fsp3) is 0. The van der Waals surface area contributed by atoms with Crippen molar-refractivity contribution in [2.45, 2.75) is 0 Å². The summed E-state index contributed by atoms with van der Waals surface area (Å²) in [5.74, 6) is 0.